The van der Waals surface area contributed by atoms with Gasteiger partial charge in [0.05, 0.1) is 0 Å². The number of benzene rings is 1. The minimum absolute atomic E-state index is 0.0191. The monoisotopic (exact) mass is 487 g/mol. The van der Waals surface area contributed by atoms with Crippen LogP contribution in [-0.2, 0) is 20.9 Å². The minimum atomic E-state index is -1.30. The third-order valence-electron chi connectivity index (χ3n) is 7.96. The van der Waals surface area contributed by atoms with Gasteiger partial charge in [-0.05, 0) is 81.6 Å². The van der Waals surface area contributed by atoms with Gasteiger partial charge < -0.3 is 15.3 Å². The Balaban J connectivity index is 1.45. The molecule has 0 bridgehead atoms. The SMILES string of the molecule is N/N=C/CCC1(F)CCC2CN(C(=O)OCc3ccccc3)C(C(=O)OC3CCCCC3)CC2C1. The number of alkyl halides is 1. The first-order valence-corrected chi connectivity index (χ1v) is 13.1. The molecule has 4 unspecified atom stereocenters. The molecule has 3 aliphatic rings. The van der Waals surface area contributed by atoms with Gasteiger partial charge >= 0.3 is 12.1 Å². The molecule has 4 rings (SSSR count). The Hall–Kier alpha value is -2.64. The van der Waals surface area contributed by atoms with Crippen LogP contribution in [0.1, 0.15) is 76.2 Å². The van der Waals surface area contributed by atoms with Crippen LogP contribution in [-0.4, -0.2) is 47.5 Å². The standard InChI is InChI=1S/C27H38FN3O4/c28-27(13-7-15-30-29)14-12-21-18-31(26(33)34-19-20-8-3-1-4-9-20)24(16-22(21)17-27)25(32)35-23-10-5-2-6-11-23/h1,3-4,8-9,15,21-24H,2,5-7,10-14,16-19,29H2/b30-15+. The van der Waals surface area contributed by atoms with E-state index in [1.165, 1.54) is 0 Å². The van der Waals surface area contributed by atoms with E-state index in [9.17, 15) is 9.59 Å². The number of hydrogen-bond donors (Lipinski definition) is 1. The number of halogens is 1. The number of carbonyl (C=O) groups is 2. The average Bonchev–Trinajstić information content (AvgIpc) is 2.88. The van der Waals surface area contributed by atoms with Gasteiger partial charge in [-0.1, -0.05) is 36.8 Å². The van der Waals surface area contributed by atoms with Gasteiger partial charge in [-0.3, -0.25) is 4.90 Å². The third-order valence-corrected chi connectivity index (χ3v) is 7.96. The van der Waals surface area contributed by atoms with Crippen molar-refractivity contribution in [3.05, 3.63) is 35.9 Å². The second-order valence-electron chi connectivity index (χ2n) is 10.4. The van der Waals surface area contributed by atoms with Crippen LogP contribution < -0.4 is 5.84 Å². The fourth-order valence-corrected chi connectivity index (χ4v) is 6.01. The van der Waals surface area contributed by atoms with E-state index in [1.807, 2.05) is 30.3 Å². The number of hydrazone groups is 1. The van der Waals surface area contributed by atoms with Gasteiger partial charge in [-0.2, -0.15) is 5.10 Å². The van der Waals surface area contributed by atoms with Gasteiger partial charge in [-0.15, -0.1) is 0 Å². The first-order valence-electron chi connectivity index (χ1n) is 13.1. The smallest absolute Gasteiger partial charge is 0.410 e. The van der Waals surface area contributed by atoms with Crippen molar-refractivity contribution < 1.29 is 23.5 Å². The van der Waals surface area contributed by atoms with Gasteiger partial charge in [-0.25, -0.2) is 14.0 Å². The molecule has 0 spiro atoms. The number of nitrogens with zero attached hydrogens (tertiary/aromatic N) is 2. The van der Waals surface area contributed by atoms with Crippen molar-refractivity contribution in [2.75, 3.05) is 6.54 Å². The first kappa shape index (κ1) is 25.5. The Morgan fingerprint density at radius 2 is 1.91 bits per heavy atom. The number of nitrogens with two attached hydrogens (primary N) is 1. The van der Waals surface area contributed by atoms with Gasteiger partial charge in [0.2, 0.25) is 0 Å². The van der Waals surface area contributed by atoms with Gasteiger partial charge in [0, 0.05) is 12.8 Å². The molecular formula is C27H38FN3O4. The maximum absolute atomic E-state index is 15.6. The lowest BCUT2D eigenvalue weighted by molar-refractivity contribution is -0.160. The van der Waals surface area contributed by atoms with E-state index >= 15 is 4.39 Å². The molecule has 7 nitrogen and oxygen atoms in total. The number of hydrogen-bond acceptors (Lipinski definition) is 6. The Kier molecular flexibility index (Phi) is 8.63. The molecule has 35 heavy (non-hydrogen) atoms. The van der Waals surface area contributed by atoms with Crippen molar-refractivity contribution in [1.82, 2.24) is 4.90 Å². The maximum Gasteiger partial charge on any atom is 0.410 e. The van der Waals surface area contributed by atoms with E-state index in [1.54, 1.807) is 11.1 Å². The molecule has 4 atom stereocenters. The molecule has 1 aromatic rings. The maximum atomic E-state index is 15.6. The summed E-state index contributed by atoms with van der Waals surface area (Å²) in [6, 6.07) is 8.74. The minimum Gasteiger partial charge on any atom is -0.461 e. The number of carbonyl (C=O) groups excluding carboxylic acids is 2. The Morgan fingerprint density at radius 1 is 1.14 bits per heavy atom. The average molecular weight is 488 g/mol. The van der Waals surface area contributed by atoms with Gasteiger partial charge in [0.15, 0.2) is 0 Å². The van der Waals surface area contributed by atoms with Crippen LogP contribution in [0.5, 0.6) is 0 Å². The lowest BCUT2D eigenvalue weighted by atomic mass is 9.67. The zero-order chi connectivity index (χ0) is 24.7. The Labute approximate surface area is 207 Å². The Morgan fingerprint density at radius 3 is 2.66 bits per heavy atom. The fraction of sp³-hybridized carbons (Fsp3) is 0.667. The van der Waals surface area contributed by atoms with E-state index < -0.39 is 17.8 Å². The molecule has 192 valence electrons. The number of ether oxygens (including phenoxy) is 2. The van der Waals surface area contributed by atoms with Crippen LogP contribution in [0.2, 0.25) is 0 Å². The van der Waals surface area contributed by atoms with Gasteiger partial charge in [0.25, 0.3) is 0 Å². The summed E-state index contributed by atoms with van der Waals surface area (Å²) in [5, 5.41) is 3.48. The zero-order valence-corrected chi connectivity index (χ0v) is 20.4. The molecule has 2 N–H and O–H groups in total. The molecule has 0 aromatic heterocycles. The van der Waals surface area contributed by atoms with Gasteiger partial charge in [0.1, 0.15) is 24.4 Å². The summed E-state index contributed by atoms with van der Waals surface area (Å²) in [6.45, 7) is 0.536. The summed E-state index contributed by atoms with van der Waals surface area (Å²) >= 11 is 0. The van der Waals surface area contributed by atoms with Crippen molar-refractivity contribution in [2.24, 2.45) is 22.8 Å². The molecule has 2 aliphatic carbocycles. The van der Waals surface area contributed by atoms with E-state index in [-0.39, 0.29) is 30.5 Å². The number of rotatable bonds is 7. The predicted molar refractivity (Wildman–Crippen MR) is 131 cm³/mol. The van der Waals surface area contributed by atoms with Crippen molar-refractivity contribution in [1.29, 1.82) is 0 Å². The van der Waals surface area contributed by atoms with Crippen LogP contribution >= 0.6 is 0 Å². The van der Waals surface area contributed by atoms with Crippen LogP contribution in [0.15, 0.2) is 35.4 Å². The molecule has 1 saturated heterocycles. The summed E-state index contributed by atoms with van der Waals surface area (Å²) in [4.78, 5) is 28.0. The molecular weight excluding hydrogens is 449 g/mol. The second kappa shape index (κ2) is 11.9. The van der Waals surface area contributed by atoms with Crippen molar-refractivity contribution in [3.63, 3.8) is 0 Å². The normalized spacial score (nSPS) is 29.5. The number of esters is 1. The number of likely N-dealkylation sites (tertiary alicyclic amines) is 1. The molecule has 0 radical (unpaired) electrons. The summed E-state index contributed by atoms with van der Waals surface area (Å²) in [5.74, 6) is 4.96. The zero-order valence-electron chi connectivity index (χ0n) is 20.4. The van der Waals surface area contributed by atoms with Crippen LogP contribution in [0.3, 0.4) is 0 Å². The summed E-state index contributed by atoms with van der Waals surface area (Å²) in [5.41, 5.74) is -0.408. The first-order chi connectivity index (χ1) is 17.0. The fourth-order valence-electron chi connectivity index (χ4n) is 6.01. The summed E-state index contributed by atoms with van der Waals surface area (Å²) < 4.78 is 27.1. The summed E-state index contributed by atoms with van der Waals surface area (Å²) in [6.07, 6.45) is 8.70. The highest BCUT2D eigenvalue weighted by Gasteiger charge is 2.49. The molecule has 8 heteroatoms. The van der Waals surface area contributed by atoms with E-state index in [0.717, 1.165) is 37.7 Å². The highest BCUT2D eigenvalue weighted by molar-refractivity contribution is 5.82. The lowest BCUT2D eigenvalue weighted by Crippen LogP contribution is -2.56. The molecule has 3 fully saturated rings. The third kappa shape index (κ3) is 6.73. The topological polar surface area (TPSA) is 94.2 Å². The quantitative estimate of drug-likeness (QED) is 0.249. The predicted octanol–water partition coefficient (Wildman–Crippen LogP) is 5.12. The lowest BCUT2D eigenvalue weighted by Gasteiger charge is -2.48. The van der Waals surface area contributed by atoms with Crippen molar-refractivity contribution in [3.8, 4) is 0 Å². The van der Waals surface area contributed by atoms with Crippen LogP contribution in [0.4, 0.5) is 9.18 Å². The number of fused-ring (bicyclic) bond motifs is 1. The molecule has 1 amide bonds. The molecule has 1 aliphatic heterocycles. The molecule has 2 saturated carbocycles. The van der Waals surface area contributed by atoms with Crippen molar-refractivity contribution in [2.45, 2.75) is 95.1 Å². The van der Waals surface area contributed by atoms with Crippen molar-refractivity contribution >= 4 is 18.3 Å². The van der Waals surface area contributed by atoms with Crippen LogP contribution in [0, 0.1) is 11.8 Å². The highest BCUT2D eigenvalue weighted by Crippen LogP contribution is 2.46. The molecule has 1 aromatic carbocycles. The highest BCUT2D eigenvalue weighted by atomic mass is 19.1. The number of piperidine rings is 1. The van der Waals surface area contributed by atoms with E-state index in [0.29, 0.717) is 45.1 Å². The Bertz CT molecular complexity index is 876. The molecule has 1 heterocycles. The van der Waals surface area contributed by atoms with Crippen LogP contribution in [0.25, 0.3) is 0 Å². The second-order valence-corrected chi connectivity index (χ2v) is 10.4. The largest absolute Gasteiger partial charge is 0.461 e. The van der Waals surface area contributed by atoms with E-state index in [2.05, 4.69) is 5.10 Å². The number of amides is 1. The van der Waals surface area contributed by atoms with E-state index in [4.69, 9.17) is 15.3 Å². The summed E-state index contributed by atoms with van der Waals surface area (Å²) in [7, 11) is 0.